The van der Waals surface area contributed by atoms with Crippen molar-refractivity contribution >= 4 is 11.7 Å². The van der Waals surface area contributed by atoms with Crippen molar-refractivity contribution in [1.82, 2.24) is 4.98 Å². The van der Waals surface area contributed by atoms with Crippen molar-refractivity contribution in [2.75, 3.05) is 12.4 Å². The Morgan fingerprint density at radius 3 is 2.60 bits per heavy atom. The van der Waals surface area contributed by atoms with E-state index in [1.54, 1.807) is 6.07 Å². The fraction of sp³-hybridized carbons (Fsp3) is 0.250. The molecule has 4 nitrogen and oxygen atoms in total. The molecular weight excluding hydrogens is 252 g/mol. The van der Waals surface area contributed by atoms with Gasteiger partial charge < -0.3 is 10.1 Å². The third-order valence-electron chi connectivity index (χ3n) is 3.23. The number of aryl methyl sites for hydroxylation is 2. The molecule has 0 radical (unpaired) electrons. The molecule has 2 rings (SSSR count). The summed E-state index contributed by atoms with van der Waals surface area (Å²) >= 11 is 0. The van der Waals surface area contributed by atoms with Crippen LogP contribution in [0.15, 0.2) is 36.5 Å². The maximum absolute atomic E-state index is 11.3. The number of methoxy groups -OCH3 is 1. The predicted molar refractivity (Wildman–Crippen MR) is 78.8 cm³/mol. The summed E-state index contributed by atoms with van der Waals surface area (Å²) in [6.07, 6.45) is 1.53. The van der Waals surface area contributed by atoms with Crippen molar-refractivity contribution in [2.24, 2.45) is 0 Å². The fourth-order valence-corrected chi connectivity index (χ4v) is 1.81. The molecule has 0 saturated carbocycles. The number of anilines is 1. The normalized spacial score (nSPS) is 10.2. The molecule has 0 aliphatic rings. The van der Waals surface area contributed by atoms with E-state index in [9.17, 15) is 4.79 Å². The lowest BCUT2D eigenvalue weighted by Crippen LogP contribution is -2.05. The predicted octanol–water partition coefficient (Wildman–Crippen LogP) is 3.10. The van der Waals surface area contributed by atoms with Gasteiger partial charge in [-0.15, -0.1) is 0 Å². The lowest BCUT2D eigenvalue weighted by Gasteiger charge is -2.08. The Balaban J connectivity index is 2.00. The topological polar surface area (TPSA) is 51.2 Å². The monoisotopic (exact) mass is 270 g/mol. The molecule has 0 aliphatic heterocycles. The summed E-state index contributed by atoms with van der Waals surface area (Å²) in [6, 6.07) is 9.78. The zero-order valence-corrected chi connectivity index (χ0v) is 11.9. The number of pyridine rings is 1. The second kappa shape index (κ2) is 6.19. The molecule has 1 aromatic carbocycles. The van der Waals surface area contributed by atoms with Gasteiger partial charge in [-0.2, -0.15) is 0 Å². The van der Waals surface area contributed by atoms with E-state index in [1.165, 1.54) is 24.4 Å². The smallest absolute Gasteiger partial charge is 0.339 e. The molecule has 1 N–H and O–H groups in total. The molecule has 0 bridgehead atoms. The Kier molecular flexibility index (Phi) is 4.35. The second-order valence-electron chi connectivity index (χ2n) is 4.68. The van der Waals surface area contributed by atoms with Crippen molar-refractivity contribution in [3.63, 3.8) is 0 Å². The van der Waals surface area contributed by atoms with Crippen LogP contribution in [0.3, 0.4) is 0 Å². The minimum atomic E-state index is -0.369. The molecule has 0 amide bonds. The highest BCUT2D eigenvalue weighted by molar-refractivity contribution is 5.88. The molecular formula is C16H18N2O2. The zero-order chi connectivity index (χ0) is 14.5. The van der Waals surface area contributed by atoms with E-state index in [0.717, 1.165) is 11.4 Å². The number of hydrogen-bond donors (Lipinski definition) is 1. The van der Waals surface area contributed by atoms with Gasteiger partial charge in [0.2, 0.25) is 0 Å². The SMILES string of the molecule is COC(=O)c1ccc(CNc2ccc(C)c(C)c2)nc1. The van der Waals surface area contributed by atoms with Gasteiger partial charge in [0.15, 0.2) is 0 Å². The van der Waals surface area contributed by atoms with Crippen LogP contribution in [0.5, 0.6) is 0 Å². The molecule has 1 aromatic heterocycles. The molecule has 0 unspecified atom stereocenters. The molecule has 1 heterocycles. The van der Waals surface area contributed by atoms with Crippen LogP contribution >= 0.6 is 0 Å². The van der Waals surface area contributed by atoms with Crippen LogP contribution in [0.2, 0.25) is 0 Å². The van der Waals surface area contributed by atoms with Gasteiger partial charge in [-0.3, -0.25) is 4.98 Å². The van der Waals surface area contributed by atoms with Crippen LogP contribution in [0.25, 0.3) is 0 Å². The largest absolute Gasteiger partial charge is 0.465 e. The number of hydrogen-bond acceptors (Lipinski definition) is 4. The van der Waals surface area contributed by atoms with Crippen molar-refractivity contribution < 1.29 is 9.53 Å². The van der Waals surface area contributed by atoms with Gasteiger partial charge in [0, 0.05) is 11.9 Å². The van der Waals surface area contributed by atoms with E-state index in [2.05, 4.69) is 41.0 Å². The number of carbonyl (C=O) groups is 1. The lowest BCUT2D eigenvalue weighted by molar-refractivity contribution is 0.0600. The number of esters is 1. The molecule has 0 fully saturated rings. The lowest BCUT2D eigenvalue weighted by atomic mass is 10.1. The van der Waals surface area contributed by atoms with Crippen LogP contribution in [-0.4, -0.2) is 18.1 Å². The minimum absolute atomic E-state index is 0.369. The first kappa shape index (κ1) is 14.1. The highest BCUT2D eigenvalue weighted by Crippen LogP contribution is 2.15. The molecule has 104 valence electrons. The molecule has 0 atom stereocenters. The summed E-state index contributed by atoms with van der Waals surface area (Å²) in [6.45, 7) is 4.79. The van der Waals surface area contributed by atoms with Gasteiger partial charge in [-0.1, -0.05) is 6.07 Å². The third-order valence-corrected chi connectivity index (χ3v) is 3.23. The van der Waals surface area contributed by atoms with Crippen molar-refractivity contribution in [3.8, 4) is 0 Å². The number of benzene rings is 1. The highest BCUT2D eigenvalue weighted by atomic mass is 16.5. The summed E-state index contributed by atoms with van der Waals surface area (Å²) in [5.41, 5.74) is 4.92. The summed E-state index contributed by atoms with van der Waals surface area (Å²) in [4.78, 5) is 15.5. The number of carbonyl (C=O) groups excluding carboxylic acids is 1. The Labute approximate surface area is 118 Å². The van der Waals surface area contributed by atoms with Crippen LogP contribution in [0.4, 0.5) is 5.69 Å². The zero-order valence-electron chi connectivity index (χ0n) is 11.9. The molecule has 0 spiro atoms. The van der Waals surface area contributed by atoms with Gasteiger partial charge >= 0.3 is 5.97 Å². The van der Waals surface area contributed by atoms with E-state index in [-0.39, 0.29) is 5.97 Å². The number of aromatic nitrogens is 1. The maximum Gasteiger partial charge on any atom is 0.339 e. The number of nitrogens with one attached hydrogen (secondary N) is 1. The first-order valence-electron chi connectivity index (χ1n) is 6.44. The first-order valence-corrected chi connectivity index (χ1v) is 6.44. The maximum atomic E-state index is 11.3. The van der Waals surface area contributed by atoms with E-state index < -0.39 is 0 Å². The second-order valence-corrected chi connectivity index (χ2v) is 4.68. The average molecular weight is 270 g/mol. The van der Waals surface area contributed by atoms with Gasteiger partial charge in [0.05, 0.1) is 24.9 Å². The molecule has 0 aliphatic carbocycles. The Morgan fingerprint density at radius 2 is 2.00 bits per heavy atom. The van der Waals surface area contributed by atoms with Crippen molar-refractivity contribution in [1.29, 1.82) is 0 Å². The van der Waals surface area contributed by atoms with E-state index >= 15 is 0 Å². The van der Waals surface area contributed by atoms with Crippen molar-refractivity contribution in [2.45, 2.75) is 20.4 Å². The number of ether oxygens (including phenoxy) is 1. The van der Waals surface area contributed by atoms with E-state index in [4.69, 9.17) is 0 Å². The van der Waals surface area contributed by atoms with E-state index in [0.29, 0.717) is 12.1 Å². The summed E-state index contributed by atoms with van der Waals surface area (Å²) in [5, 5.41) is 3.31. The minimum Gasteiger partial charge on any atom is -0.465 e. The summed E-state index contributed by atoms with van der Waals surface area (Å²) in [5.74, 6) is -0.369. The average Bonchev–Trinajstić information content (AvgIpc) is 2.48. The van der Waals surface area contributed by atoms with Gasteiger partial charge in [0.25, 0.3) is 0 Å². The van der Waals surface area contributed by atoms with Crippen molar-refractivity contribution in [3.05, 3.63) is 58.9 Å². The van der Waals surface area contributed by atoms with Gasteiger partial charge in [-0.25, -0.2) is 4.79 Å². The summed E-state index contributed by atoms with van der Waals surface area (Å²) in [7, 11) is 1.36. The van der Waals surface area contributed by atoms with Gasteiger partial charge in [0.1, 0.15) is 0 Å². The van der Waals surface area contributed by atoms with Gasteiger partial charge in [-0.05, 0) is 49.2 Å². The first-order chi connectivity index (χ1) is 9.60. The highest BCUT2D eigenvalue weighted by Gasteiger charge is 2.05. The molecule has 4 heteroatoms. The van der Waals surface area contributed by atoms with Crippen LogP contribution in [-0.2, 0) is 11.3 Å². The fourth-order valence-electron chi connectivity index (χ4n) is 1.81. The Morgan fingerprint density at radius 1 is 1.20 bits per heavy atom. The molecule has 2 aromatic rings. The number of nitrogens with zero attached hydrogens (tertiary/aromatic N) is 1. The standard InChI is InChI=1S/C16H18N2O2/c1-11-4-6-14(8-12(11)2)18-10-15-7-5-13(9-17-15)16(19)20-3/h4-9,18H,10H2,1-3H3. The Hall–Kier alpha value is -2.36. The van der Waals surface area contributed by atoms with Crippen LogP contribution in [0, 0.1) is 13.8 Å². The van der Waals surface area contributed by atoms with Crippen LogP contribution < -0.4 is 5.32 Å². The Bertz CT molecular complexity index is 606. The quantitative estimate of drug-likeness (QED) is 0.867. The third kappa shape index (κ3) is 3.35. The van der Waals surface area contributed by atoms with Crippen LogP contribution in [0.1, 0.15) is 27.2 Å². The molecule has 20 heavy (non-hydrogen) atoms. The number of rotatable bonds is 4. The molecule has 0 saturated heterocycles. The van der Waals surface area contributed by atoms with E-state index in [1.807, 2.05) is 12.1 Å². The summed E-state index contributed by atoms with van der Waals surface area (Å²) < 4.78 is 4.64.